The van der Waals surface area contributed by atoms with Crippen molar-refractivity contribution in [1.82, 2.24) is 10.6 Å². The van der Waals surface area contributed by atoms with Crippen molar-refractivity contribution in [3.05, 3.63) is 0 Å². The van der Waals surface area contributed by atoms with E-state index in [-0.39, 0.29) is 5.66 Å². The van der Waals surface area contributed by atoms with E-state index in [1.165, 1.54) is 12.8 Å². The first-order valence-electron chi connectivity index (χ1n) is 5.09. The Balaban J connectivity index is 2.59. The zero-order chi connectivity index (χ0) is 9.19. The van der Waals surface area contributed by atoms with E-state index in [4.69, 9.17) is 0 Å². The van der Waals surface area contributed by atoms with E-state index in [0.717, 1.165) is 6.54 Å². The van der Waals surface area contributed by atoms with E-state index in [1.54, 1.807) is 0 Å². The Hall–Kier alpha value is -0.0800. The van der Waals surface area contributed by atoms with E-state index in [2.05, 4.69) is 38.3 Å². The maximum Gasteiger partial charge on any atom is 0.0713 e. The molecule has 0 aromatic heterocycles. The van der Waals surface area contributed by atoms with Crippen LogP contribution in [0.1, 0.15) is 40.5 Å². The van der Waals surface area contributed by atoms with Gasteiger partial charge in [-0.15, -0.1) is 0 Å². The molecule has 72 valence electrons. The minimum atomic E-state index is 0.216. The first-order valence-corrected chi connectivity index (χ1v) is 5.09. The Morgan fingerprint density at radius 3 is 2.25 bits per heavy atom. The second-order valence-corrected chi connectivity index (χ2v) is 4.46. The maximum absolute atomic E-state index is 3.64. The van der Waals surface area contributed by atoms with E-state index in [1.807, 2.05) is 0 Å². The van der Waals surface area contributed by atoms with Crippen LogP contribution in [0.2, 0.25) is 0 Å². The Morgan fingerprint density at radius 2 is 1.92 bits per heavy atom. The molecule has 1 atom stereocenters. The Bertz CT molecular complexity index is 135. The summed E-state index contributed by atoms with van der Waals surface area (Å²) < 4.78 is 0. The highest BCUT2D eigenvalue weighted by molar-refractivity contribution is 4.93. The maximum atomic E-state index is 3.64. The molecule has 1 rings (SSSR count). The normalized spacial score (nSPS) is 30.5. The summed E-state index contributed by atoms with van der Waals surface area (Å²) in [6.07, 6.45) is 2.57. The molecule has 0 aromatic rings. The smallest absolute Gasteiger partial charge is 0.0713 e. The Morgan fingerprint density at radius 1 is 1.25 bits per heavy atom. The molecule has 12 heavy (non-hydrogen) atoms. The molecule has 0 spiro atoms. The van der Waals surface area contributed by atoms with Crippen LogP contribution in [-0.4, -0.2) is 18.2 Å². The number of hydrogen-bond acceptors (Lipinski definition) is 2. The summed E-state index contributed by atoms with van der Waals surface area (Å²) in [5.74, 6) is 0.669. The molecule has 0 radical (unpaired) electrons. The van der Waals surface area contributed by atoms with Crippen LogP contribution >= 0.6 is 0 Å². The fourth-order valence-corrected chi connectivity index (χ4v) is 2.06. The summed E-state index contributed by atoms with van der Waals surface area (Å²) in [6, 6.07) is 0.568. The van der Waals surface area contributed by atoms with Gasteiger partial charge >= 0.3 is 0 Å². The molecule has 0 amide bonds. The van der Waals surface area contributed by atoms with Gasteiger partial charge in [0.25, 0.3) is 0 Å². The van der Waals surface area contributed by atoms with Gasteiger partial charge < -0.3 is 0 Å². The van der Waals surface area contributed by atoms with Gasteiger partial charge in [0.2, 0.25) is 0 Å². The van der Waals surface area contributed by atoms with Gasteiger partial charge in [0.15, 0.2) is 0 Å². The third-order valence-corrected chi connectivity index (χ3v) is 2.72. The van der Waals surface area contributed by atoms with Crippen LogP contribution in [0.3, 0.4) is 0 Å². The second-order valence-electron chi connectivity index (χ2n) is 4.46. The molecule has 1 heterocycles. The highest BCUT2D eigenvalue weighted by Gasteiger charge is 2.36. The van der Waals surface area contributed by atoms with Gasteiger partial charge in [-0.05, 0) is 39.2 Å². The summed E-state index contributed by atoms with van der Waals surface area (Å²) in [6.45, 7) is 10.2. The standard InChI is InChI=1S/C10H22N2/c1-8(2)10(12-9(3)4)6-5-7-11-10/h8-9,11-12H,5-7H2,1-4H3/t10-/m0/s1. The lowest BCUT2D eigenvalue weighted by atomic mass is 9.93. The van der Waals surface area contributed by atoms with Crippen molar-refractivity contribution < 1.29 is 0 Å². The van der Waals surface area contributed by atoms with Crippen molar-refractivity contribution in [2.75, 3.05) is 6.54 Å². The molecular formula is C10H22N2. The van der Waals surface area contributed by atoms with Crippen molar-refractivity contribution in [2.45, 2.75) is 52.2 Å². The first-order chi connectivity index (χ1) is 5.57. The molecule has 0 unspecified atom stereocenters. The lowest BCUT2D eigenvalue weighted by Crippen LogP contribution is -2.59. The quantitative estimate of drug-likeness (QED) is 0.674. The molecule has 0 aromatic carbocycles. The van der Waals surface area contributed by atoms with Crippen LogP contribution in [0.5, 0.6) is 0 Å². The lowest BCUT2D eigenvalue weighted by Gasteiger charge is -2.37. The molecule has 2 nitrogen and oxygen atoms in total. The van der Waals surface area contributed by atoms with Crippen molar-refractivity contribution >= 4 is 0 Å². The molecule has 1 aliphatic heterocycles. The minimum absolute atomic E-state index is 0.216. The fraction of sp³-hybridized carbons (Fsp3) is 1.00. The molecule has 0 saturated carbocycles. The van der Waals surface area contributed by atoms with Crippen LogP contribution in [0.15, 0.2) is 0 Å². The zero-order valence-corrected chi connectivity index (χ0v) is 8.78. The highest BCUT2D eigenvalue weighted by atomic mass is 15.2. The molecular weight excluding hydrogens is 148 g/mol. The third kappa shape index (κ3) is 1.99. The van der Waals surface area contributed by atoms with Gasteiger partial charge in [0.05, 0.1) is 5.66 Å². The molecule has 0 bridgehead atoms. The molecule has 1 fully saturated rings. The average Bonchev–Trinajstić information content (AvgIpc) is 2.35. The SMILES string of the molecule is CC(C)N[C@]1(C(C)C)CCCN1. The summed E-state index contributed by atoms with van der Waals surface area (Å²) >= 11 is 0. The van der Waals surface area contributed by atoms with Crippen molar-refractivity contribution in [1.29, 1.82) is 0 Å². The van der Waals surface area contributed by atoms with Gasteiger partial charge in [-0.3, -0.25) is 10.6 Å². The van der Waals surface area contributed by atoms with E-state index < -0.39 is 0 Å². The second kappa shape index (κ2) is 3.75. The van der Waals surface area contributed by atoms with Crippen molar-refractivity contribution in [3.8, 4) is 0 Å². The molecule has 2 heteroatoms. The van der Waals surface area contributed by atoms with Crippen LogP contribution in [-0.2, 0) is 0 Å². The fourth-order valence-electron chi connectivity index (χ4n) is 2.06. The van der Waals surface area contributed by atoms with E-state index in [9.17, 15) is 0 Å². The topological polar surface area (TPSA) is 24.1 Å². The zero-order valence-electron chi connectivity index (χ0n) is 8.78. The summed E-state index contributed by atoms with van der Waals surface area (Å²) in [4.78, 5) is 0. The van der Waals surface area contributed by atoms with Crippen molar-refractivity contribution in [3.63, 3.8) is 0 Å². The van der Waals surface area contributed by atoms with E-state index >= 15 is 0 Å². The number of rotatable bonds is 3. The van der Waals surface area contributed by atoms with E-state index in [0.29, 0.717) is 12.0 Å². The third-order valence-electron chi connectivity index (χ3n) is 2.72. The summed E-state index contributed by atoms with van der Waals surface area (Å²) in [5, 5.41) is 7.23. The largest absolute Gasteiger partial charge is 0.299 e. The van der Waals surface area contributed by atoms with Gasteiger partial charge in [-0.1, -0.05) is 13.8 Å². The Kier molecular flexibility index (Phi) is 3.13. The van der Waals surface area contributed by atoms with Crippen LogP contribution < -0.4 is 10.6 Å². The molecule has 1 aliphatic rings. The molecule has 0 aliphatic carbocycles. The van der Waals surface area contributed by atoms with Crippen LogP contribution in [0.25, 0.3) is 0 Å². The minimum Gasteiger partial charge on any atom is -0.299 e. The summed E-state index contributed by atoms with van der Waals surface area (Å²) in [7, 11) is 0. The Labute approximate surface area is 76.1 Å². The monoisotopic (exact) mass is 170 g/mol. The highest BCUT2D eigenvalue weighted by Crippen LogP contribution is 2.25. The predicted octanol–water partition coefficient (Wildman–Crippen LogP) is 1.72. The average molecular weight is 170 g/mol. The van der Waals surface area contributed by atoms with Crippen LogP contribution in [0.4, 0.5) is 0 Å². The van der Waals surface area contributed by atoms with Gasteiger partial charge in [-0.2, -0.15) is 0 Å². The molecule has 2 N–H and O–H groups in total. The number of nitrogens with one attached hydrogen (secondary N) is 2. The first kappa shape index (κ1) is 10.0. The lowest BCUT2D eigenvalue weighted by molar-refractivity contribution is 0.194. The predicted molar refractivity (Wildman–Crippen MR) is 53.1 cm³/mol. The van der Waals surface area contributed by atoms with Crippen LogP contribution in [0, 0.1) is 5.92 Å². The number of hydrogen-bond donors (Lipinski definition) is 2. The van der Waals surface area contributed by atoms with Gasteiger partial charge in [0, 0.05) is 6.04 Å². The van der Waals surface area contributed by atoms with Gasteiger partial charge in [-0.25, -0.2) is 0 Å². The molecule has 1 saturated heterocycles. The van der Waals surface area contributed by atoms with Crippen molar-refractivity contribution in [2.24, 2.45) is 5.92 Å². The van der Waals surface area contributed by atoms with Gasteiger partial charge in [0.1, 0.15) is 0 Å². The summed E-state index contributed by atoms with van der Waals surface area (Å²) in [5.41, 5.74) is 0.216.